The summed E-state index contributed by atoms with van der Waals surface area (Å²) in [7, 11) is 0. The normalized spacial score (nSPS) is 12.5. The molecule has 0 N–H and O–H groups in total. The molecular formula is C14H8BrF5O. The molecule has 1 atom stereocenters. The monoisotopic (exact) mass is 366 g/mol. The summed E-state index contributed by atoms with van der Waals surface area (Å²) in [4.78, 5) is -0.756. The van der Waals surface area contributed by atoms with Gasteiger partial charge in [-0.25, -0.2) is 13.2 Å². The first kappa shape index (κ1) is 15.8. The van der Waals surface area contributed by atoms with Gasteiger partial charge in [0.25, 0.3) is 0 Å². The Morgan fingerprint density at radius 1 is 0.857 bits per heavy atom. The fourth-order valence-electron chi connectivity index (χ4n) is 1.73. The Bertz CT molecular complexity index is 630. The van der Waals surface area contributed by atoms with E-state index in [-0.39, 0.29) is 11.3 Å². The van der Waals surface area contributed by atoms with E-state index in [4.69, 9.17) is 0 Å². The highest BCUT2D eigenvalue weighted by atomic mass is 79.9. The third kappa shape index (κ3) is 3.72. The lowest BCUT2D eigenvalue weighted by atomic mass is 10.0. The number of alkyl halides is 3. The molecule has 2 rings (SSSR count). The molecule has 0 spiro atoms. The minimum atomic E-state index is -2.95. The number of rotatable bonds is 4. The van der Waals surface area contributed by atoms with E-state index < -0.39 is 28.9 Å². The highest BCUT2D eigenvalue weighted by molar-refractivity contribution is 9.09. The Balaban J connectivity index is 2.27. The third-order valence-corrected chi connectivity index (χ3v) is 3.73. The van der Waals surface area contributed by atoms with Gasteiger partial charge in [-0.15, -0.1) is 0 Å². The van der Waals surface area contributed by atoms with Crippen LogP contribution in [0.5, 0.6) is 5.75 Å². The molecule has 0 bridgehead atoms. The summed E-state index contributed by atoms with van der Waals surface area (Å²) < 4.78 is 67.9. The van der Waals surface area contributed by atoms with Crippen LogP contribution in [-0.2, 0) is 0 Å². The Morgan fingerprint density at radius 3 is 2.00 bits per heavy atom. The quantitative estimate of drug-likeness (QED) is 0.411. The fraction of sp³-hybridized carbons (Fsp3) is 0.143. The smallest absolute Gasteiger partial charge is 0.387 e. The van der Waals surface area contributed by atoms with Crippen LogP contribution in [-0.4, -0.2) is 6.61 Å². The van der Waals surface area contributed by atoms with Crippen molar-refractivity contribution in [1.82, 2.24) is 0 Å². The van der Waals surface area contributed by atoms with Gasteiger partial charge in [0.05, 0.1) is 4.83 Å². The third-order valence-electron chi connectivity index (χ3n) is 2.71. The van der Waals surface area contributed by atoms with Crippen LogP contribution in [0.3, 0.4) is 0 Å². The molecule has 2 aromatic rings. The van der Waals surface area contributed by atoms with Gasteiger partial charge < -0.3 is 4.74 Å². The van der Waals surface area contributed by atoms with E-state index >= 15 is 0 Å². The zero-order chi connectivity index (χ0) is 15.6. The molecule has 1 unspecified atom stereocenters. The van der Waals surface area contributed by atoms with Gasteiger partial charge in [-0.05, 0) is 23.8 Å². The van der Waals surface area contributed by atoms with Crippen LogP contribution >= 0.6 is 15.9 Å². The van der Waals surface area contributed by atoms with Gasteiger partial charge >= 0.3 is 6.61 Å². The second-order valence-corrected chi connectivity index (χ2v) is 5.01. The van der Waals surface area contributed by atoms with E-state index in [1.807, 2.05) is 0 Å². The first-order valence-electron chi connectivity index (χ1n) is 5.71. The Kier molecular flexibility index (Phi) is 4.82. The van der Waals surface area contributed by atoms with Gasteiger partial charge in [0, 0.05) is 11.6 Å². The zero-order valence-corrected chi connectivity index (χ0v) is 11.9. The molecule has 0 fully saturated rings. The topological polar surface area (TPSA) is 9.23 Å². The summed E-state index contributed by atoms with van der Waals surface area (Å²) in [6.45, 7) is -2.95. The molecule has 2 aromatic carbocycles. The molecule has 1 nitrogen and oxygen atoms in total. The molecule has 7 heteroatoms. The van der Waals surface area contributed by atoms with Crippen LogP contribution in [0.4, 0.5) is 22.0 Å². The van der Waals surface area contributed by atoms with Gasteiger partial charge in [0.1, 0.15) is 11.6 Å². The van der Waals surface area contributed by atoms with Crippen LogP contribution in [0.1, 0.15) is 16.0 Å². The summed E-state index contributed by atoms with van der Waals surface area (Å²) in [5.41, 5.74) is 0.373. The molecule has 0 heterocycles. The Morgan fingerprint density at radius 2 is 1.43 bits per heavy atom. The van der Waals surface area contributed by atoms with Crippen molar-refractivity contribution in [3.63, 3.8) is 0 Å². The van der Waals surface area contributed by atoms with Crippen LogP contribution in [0.15, 0.2) is 36.4 Å². The molecule has 0 aromatic heterocycles. The van der Waals surface area contributed by atoms with Crippen molar-refractivity contribution in [3.05, 3.63) is 65.0 Å². The SMILES string of the molecule is Fc1cc(F)c(C(Br)c2ccc(OC(F)F)cc2)cc1F. The second kappa shape index (κ2) is 6.43. The minimum absolute atomic E-state index is 0.0563. The summed E-state index contributed by atoms with van der Waals surface area (Å²) in [6.07, 6.45) is 0. The highest BCUT2D eigenvalue weighted by Crippen LogP contribution is 2.34. The number of ether oxygens (including phenoxy) is 1. The summed E-state index contributed by atoms with van der Waals surface area (Å²) in [5, 5.41) is 0. The van der Waals surface area contributed by atoms with E-state index in [0.717, 1.165) is 6.07 Å². The largest absolute Gasteiger partial charge is 0.435 e. The maximum Gasteiger partial charge on any atom is 0.387 e. The van der Waals surface area contributed by atoms with E-state index in [2.05, 4.69) is 20.7 Å². The molecule has 0 saturated carbocycles. The zero-order valence-electron chi connectivity index (χ0n) is 10.3. The van der Waals surface area contributed by atoms with Gasteiger partial charge in [0.15, 0.2) is 11.6 Å². The number of hydrogen-bond acceptors (Lipinski definition) is 1. The molecule has 0 saturated heterocycles. The van der Waals surface area contributed by atoms with Gasteiger partial charge in [0.2, 0.25) is 0 Å². The van der Waals surface area contributed by atoms with Crippen molar-refractivity contribution in [2.45, 2.75) is 11.4 Å². The van der Waals surface area contributed by atoms with E-state index in [0.29, 0.717) is 11.6 Å². The lowest BCUT2D eigenvalue weighted by molar-refractivity contribution is -0.0498. The second-order valence-electron chi connectivity index (χ2n) is 4.10. The van der Waals surface area contributed by atoms with Gasteiger partial charge in [-0.2, -0.15) is 8.78 Å². The highest BCUT2D eigenvalue weighted by Gasteiger charge is 2.18. The van der Waals surface area contributed by atoms with Crippen molar-refractivity contribution < 1.29 is 26.7 Å². The summed E-state index contributed by atoms with van der Waals surface area (Å²) in [5.74, 6) is -3.42. The average molecular weight is 367 g/mol. The maximum atomic E-state index is 13.7. The van der Waals surface area contributed by atoms with Gasteiger partial charge in [-0.3, -0.25) is 0 Å². The first-order valence-corrected chi connectivity index (χ1v) is 6.63. The molecule has 112 valence electrons. The van der Waals surface area contributed by atoms with Crippen LogP contribution in [0, 0.1) is 17.5 Å². The molecule has 0 aliphatic carbocycles. The summed E-state index contributed by atoms with van der Waals surface area (Å²) >= 11 is 3.16. The Hall–Kier alpha value is -1.63. The van der Waals surface area contributed by atoms with E-state index in [9.17, 15) is 22.0 Å². The Labute approximate surface area is 125 Å². The molecule has 0 amide bonds. The van der Waals surface area contributed by atoms with Crippen molar-refractivity contribution in [1.29, 1.82) is 0 Å². The number of benzene rings is 2. The van der Waals surface area contributed by atoms with Crippen LogP contribution in [0.25, 0.3) is 0 Å². The lowest BCUT2D eigenvalue weighted by Gasteiger charge is -2.13. The predicted octanol–water partition coefficient (Wildman–Crippen LogP) is 5.19. The summed E-state index contributed by atoms with van der Waals surface area (Å²) in [6, 6.07) is 6.57. The molecule has 21 heavy (non-hydrogen) atoms. The van der Waals surface area contributed by atoms with Crippen LogP contribution in [0.2, 0.25) is 0 Å². The molecular weight excluding hydrogens is 359 g/mol. The van der Waals surface area contributed by atoms with Crippen molar-refractivity contribution >= 4 is 15.9 Å². The van der Waals surface area contributed by atoms with Gasteiger partial charge in [-0.1, -0.05) is 28.1 Å². The molecule has 0 radical (unpaired) electrons. The predicted molar refractivity (Wildman–Crippen MR) is 70.2 cm³/mol. The van der Waals surface area contributed by atoms with Crippen molar-refractivity contribution in [3.8, 4) is 5.75 Å². The van der Waals surface area contributed by atoms with Crippen molar-refractivity contribution in [2.24, 2.45) is 0 Å². The van der Waals surface area contributed by atoms with E-state index in [1.54, 1.807) is 0 Å². The minimum Gasteiger partial charge on any atom is -0.435 e. The fourth-order valence-corrected chi connectivity index (χ4v) is 2.39. The van der Waals surface area contributed by atoms with Crippen LogP contribution < -0.4 is 4.74 Å². The molecule has 0 aliphatic rings. The molecule has 0 aliphatic heterocycles. The maximum absolute atomic E-state index is 13.7. The average Bonchev–Trinajstić information content (AvgIpc) is 2.42. The number of halogens is 6. The number of hydrogen-bond donors (Lipinski definition) is 0. The standard InChI is InChI=1S/C14H8BrF5O/c15-13(9-5-11(17)12(18)6-10(9)16)7-1-3-8(4-2-7)21-14(19)20/h1-6,13-14H. The van der Waals surface area contributed by atoms with E-state index in [1.165, 1.54) is 24.3 Å². The lowest BCUT2D eigenvalue weighted by Crippen LogP contribution is -2.03. The van der Waals surface area contributed by atoms with Crippen molar-refractivity contribution in [2.75, 3.05) is 0 Å². The first-order chi connectivity index (χ1) is 9.88.